The van der Waals surface area contributed by atoms with Crippen LogP contribution in [0.5, 0.6) is 0 Å². The zero-order valence-electron chi connectivity index (χ0n) is 13.4. The van der Waals surface area contributed by atoms with Crippen LogP contribution >= 0.6 is 0 Å². The Bertz CT molecular complexity index is 644. The van der Waals surface area contributed by atoms with Crippen LogP contribution in [0.25, 0.3) is 0 Å². The molecule has 0 amide bonds. The van der Waals surface area contributed by atoms with Gasteiger partial charge in [0.25, 0.3) is 6.08 Å². The van der Waals surface area contributed by atoms with E-state index in [1.165, 1.54) is 0 Å². The average Bonchev–Trinajstić information content (AvgIpc) is 2.81. The average molecular weight is 320 g/mol. The lowest BCUT2D eigenvalue weighted by atomic mass is 9.51. The minimum Gasteiger partial charge on any atom is -0.299 e. The number of carbonyl (C=O) groups is 2. The summed E-state index contributed by atoms with van der Waals surface area (Å²) in [6, 6.07) is 0. The van der Waals surface area contributed by atoms with Crippen molar-refractivity contribution in [2.75, 3.05) is 0 Å². The smallest absolute Gasteiger partial charge is 0.269 e. The molecule has 0 radical (unpaired) electrons. The molecule has 0 aromatic carbocycles. The third kappa shape index (κ3) is 2.10. The van der Waals surface area contributed by atoms with E-state index in [-0.39, 0.29) is 47.2 Å². The highest BCUT2D eigenvalue weighted by Gasteiger charge is 2.58. The zero-order chi connectivity index (χ0) is 16.4. The highest BCUT2D eigenvalue weighted by Crippen LogP contribution is 2.62. The Kier molecular flexibility index (Phi) is 3.37. The minimum absolute atomic E-state index is 0.0863. The first-order chi connectivity index (χ1) is 10.9. The summed E-state index contributed by atoms with van der Waals surface area (Å²) >= 11 is 0. The monoisotopic (exact) mass is 320 g/mol. The third-order valence-electron chi connectivity index (χ3n) is 7.02. The molecule has 0 spiro atoms. The normalized spacial score (nSPS) is 42.7. The first-order valence-corrected chi connectivity index (χ1v) is 8.70. The van der Waals surface area contributed by atoms with Crippen LogP contribution in [0.15, 0.2) is 23.3 Å². The maximum atomic E-state index is 13.8. The second kappa shape index (κ2) is 5.09. The molecule has 4 heteroatoms. The van der Waals surface area contributed by atoms with Gasteiger partial charge in [-0.3, -0.25) is 9.59 Å². The third-order valence-corrected chi connectivity index (χ3v) is 7.02. The van der Waals surface area contributed by atoms with Gasteiger partial charge in [0.15, 0.2) is 0 Å². The molecular formula is C19H22F2O2. The fourth-order valence-electron chi connectivity index (χ4n) is 5.95. The second-order valence-corrected chi connectivity index (χ2v) is 8.01. The fraction of sp³-hybridized carbons (Fsp3) is 0.684. The van der Waals surface area contributed by atoms with Crippen molar-refractivity contribution in [3.05, 3.63) is 23.3 Å². The largest absolute Gasteiger partial charge is 0.299 e. The van der Waals surface area contributed by atoms with Crippen LogP contribution in [0.2, 0.25) is 0 Å². The molecule has 4 aliphatic rings. The Morgan fingerprint density at radius 1 is 1.22 bits per heavy atom. The van der Waals surface area contributed by atoms with E-state index in [0.717, 1.165) is 18.4 Å². The molecule has 0 unspecified atom stereocenters. The lowest BCUT2D eigenvalue weighted by Crippen LogP contribution is -2.47. The Morgan fingerprint density at radius 3 is 2.74 bits per heavy atom. The van der Waals surface area contributed by atoms with Crippen LogP contribution in [-0.4, -0.2) is 11.6 Å². The highest BCUT2D eigenvalue weighted by atomic mass is 19.3. The number of carbonyl (C=O) groups excluding carboxylic acids is 2. The van der Waals surface area contributed by atoms with Crippen LogP contribution in [0.1, 0.15) is 51.9 Å². The van der Waals surface area contributed by atoms with Crippen molar-refractivity contribution in [1.29, 1.82) is 0 Å². The van der Waals surface area contributed by atoms with E-state index in [2.05, 4.69) is 6.08 Å². The van der Waals surface area contributed by atoms with Gasteiger partial charge < -0.3 is 0 Å². The molecule has 0 aliphatic heterocycles. The predicted octanol–water partition coefficient (Wildman–Crippen LogP) is 4.46. The van der Waals surface area contributed by atoms with Crippen molar-refractivity contribution in [1.82, 2.24) is 0 Å². The molecule has 3 saturated carbocycles. The molecular weight excluding hydrogens is 298 g/mol. The molecule has 0 aromatic rings. The predicted molar refractivity (Wildman–Crippen MR) is 81.7 cm³/mol. The van der Waals surface area contributed by atoms with Gasteiger partial charge in [0.2, 0.25) is 0 Å². The topological polar surface area (TPSA) is 34.1 Å². The van der Waals surface area contributed by atoms with Crippen molar-refractivity contribution in [2.45, 2.75) is 51.9 Å². The fourth-order valence-corrected chi connectivity index (χ4v) is 5.95. The molecule has 0 saturated heterocycles. The summed E-state index contributed by atoms with van der Waals surface area (Å²) in [6.45, 7) is 1.90. The lowest BCUT2D eigenvalue weighted by Gasteiger charge is -2.52. The van der Waals surface area contributed by atoms with E-state index in [1.54, 1.807) is 0 Å². The van der Waals surface area contributed by atoms with Gasteiger partial charge in [-0.05, 0) is 49.4 Å². The van der Waals surface area contributed by atoms with Crippen LogP contribution < -0.4 is 0 Å². The van der Waals surface area contributed by atoms with Gasteiger partial charge in [0, 0.05) is 30.3 Å². The molecule has 124 valence electrons. The molecule has 23 heavy (non-hydrogen) atoms. The maximum absolute atomic E-state index is 13.8. The SMILES string of the molecule is C[C@]12CC(=C(F)F)[C@H]3[C@@H](CC=C4CC(=O)CC[C@@H]43)[C@@H]1CCC2=O. The number of hydrogen-bond acceptors (Lipinski definition) is 2. The summed E-state index contributed by atoms with van der Waals surface area (Å²) in [4.78, 5) is 24.1. The van der Waals surface area contributed by atoms with Gasteiger partial charge in [-0.25, -0.2) is 0 Å². The van der Waals surface area contributed by atoms with Crippen LogP contribution in [0, 0.1) is 29.1 Å². The Morgan fingerprint density at radius 2 is 2.00 bits per heavy atom. The molecule has 5 atom stereocenters. The van der Waals surface area contributed by atoms with E-state index in [0.29, 0.717) is 25.7 Å². The van der Waals surface area contributed by atoms with Crippen molar-refractivity contribution in [2.24, 2.45) is 29.1 Å². The van der Waals surface area contributed by atoms with Crippen molar-refractivity contribution in [3.63, 3.8) is 0 Å². The molecule has 4 aliphatic carbocycles. The number of rotatable bonds is 0. The first kappa shape index (κ1) is 15.2. The summed E-state index contributed by atoms with van der Waals surface area (Å²) in [5.41, 5.74) is 0.693. The second-order valence-electron chi connectivity index (χ2n) is 8.01. The van der Waals surface area contributed by atoms with Crippen molar-refractivity contribution < 1.29 is 18.4 Å². The standard InChI is InChI=1S/C19H22F2O2/c1-19-9-14(18(20)21)17-12-5-3-11(22)8-10(12)2-4-13(17)15(19)6-7-16(19)23/h2,12-13,15,17H,3-9H2,1H3/t12-,13-,15-,17+,19-/m0/s1. The van der Waals surface area contributed by atoms with Gasteiger partial charge in [-0.1, -0.05) is 18.6 Å². The Balaban J connectivity index is 1.79. The number of ketones is 2. The maximum Gasteiger partial charge on any atom is 0.269 e. The van der Waals surface area contributed by atoms with Gasteiger partial charge in [-0.15, -0.1) is 0 Å². The molecule has 0 N–H and O–H groups in total. The summed E-state index contributed by atoms with van der Waals surface area (Å²) in [7, 11) is 0. The molecule has 0 bridgehead atoms. The number of hydrogen-bond donors (Lipinski definition) is 0. The number of halogens is 2. The van der Waals surface area contributed by atoms with Gasteiger partial charge in [0.05, 0.1) is 0 Å². The first-order valence-electron chi connectivity index (χ1n) is 8.70. The Hall–Kier alpha value is -1.32. The van der Waals surface area contributed by atoms with Crippen LogP contribution in [0.4, 0.5) is 8.78 Å². The van der Waals surface area contributed by atoms with E-state index in [9.17, 15) is 18.4 Å². The molecule has 2 nitrogen and oxygen atoms in total. The zero-order valence-corrected chi connectivity index (χ0v) is 13.4. The minimum atomic E-state index is -1.59. The van der Waals surface area contributed by atoms with Gasteiger partial charge >= 0.3 is 0 Å². The van der Waals surface area contributed by atoms with Crippen molar-refractivity contribution in [3.8, 4) is 0 Å². The summed E-state index contributed by atoms with van der Waals surface area (Å²) < 4.78 is 27.5. The lowest BCUT2D eigenvalue weighted by molar-refractivity contribution is -0.128. The van der Waals surface area contributed by atoms with E-state index in [4.69, 9.17) is 0 Å². The van der Waals surface area contributed by atoms with Gasteiger partial charge in [0.1, 0.15) is 11.6 Å². The Labute approximate surface area is 135 Å². The quantitative estimate of drug-likeness (QED) is 0.618. The van der Waals surface area contributed by atoms with Gasteiger partial charge in [-0.2, -0.15) is 8.78 Å². The molecule has 3 fully saturated rings. The van der Waals surface area contributed by atoms with E-state index < -0.39 is 11.5 Å². The highest BCUT2D eigenvalue weighted by molar-refractivity contribution is 5.88. The molecule has 0 aromatic heterocycles. The molecule has 4 rings (SSSR count). The number of fused-ring (bicyclic) bond motifs is 5. The van der Waals surface area contributed by atoms with Crippen LogP contribution in [0.3, 0.4) is 0 Å². The molecule has 0 heterocycles. The summed E-state index contributed by atoms with van der Waals surface area (Å²) in [6.07, 6.45) is 4.52. The summed E-state index contributed by atoms with van der Waals surface area (Å²) in [5, 5.41) is 0. The number of allylic oxidation sites excluding steroid dienone is 3. The summed E-state index contributed by atoms with van der Waals surface area (Å²) in [5.74, 6) is 0.680. The van der Waals surface area contributed by atoms with E-state index >= 15 is 0 Å². The van der Waals surface area contributed by atoms with E-state index in [1.807, 2.05) is 6.92 Å². The van der Waals surface area contributed by atoms with Crippen molar-refractivity contribution >= 4 is 11.6 Å². The van der Waals surface area contributed by atoms with Crippen LogP contribution in [-0.2, 0) is 9.59 Å². The number of Topliss-reactive ketones (excluding diaryl/α,β-unsaturated/α-hetero) is 2.